The topological polar surface area (TPSA) is 56.0 Å². The molecule has 0 aliphatic carbocycles. The lowest BCUT2D eigenvalue weighted by Crippen LogP contribution is -2.36. The molecule has 1 aromatic heterocycles. The quantitative estimate of drug-likeness (QED) is 0.596. The summed E-state index contributed by atoms with van der Waals surface area (Å²) >= 11 is 7.15. The smallest absolute Gasteiger partial charge is 0.339 e. The molecule has 0 fully saturated rings. The Morgan fingerprint density at radius 2 is 1.95 bits per heavy atom. The Morgan fingerprint density at radius 3 is 2.67 bits per heavy atom. The molecule has 3 aromatic rings. The van der Waals surface area contributed by atoms with Gasteiger partial charge in [-0.3, -0.25) is 4.79 Å². The number of amides is 1. The third-order valence-corrected chi connectivity index (χ3v) is 4.64. The number of nitrogens with one attached hydrogen (secondary N) is 1. The summed E-state index contributed by atoms with van der Waals surface area (Å²) in [5.74, 6) is -0.397. The average molecular weight is 319 g/mol. The van der Waals surface area contributed by atoms with Crippen LogP contribution in [0.5, 0.6) is 0 Å². The van der Waals surface area contributed by atoms with E-state index in [1.165, 1.54) is 0 Å². The number of fused-ring (bicyclic) bond motifs is 1. The molecule has 0 saturated carbocycles. The van der Waals surface area contributed by atoms with Crippen molar-refractivity contribution in [2.75, 3.05) is 0 Å². The summed E-state index contributed by atoms with van der Waals surface area (Å²) in [6.45, 7) is 0.377. The highest BCUT2D eigenvalue weighted by Gasteiger charge is 2.24. The molecule has 6 heteroatoms. The molecule has 0 bridgehead atoms. The van der Waals surface area contributed by atoms with E-state index in [-0.39, 0.29) is 5.01 Å². The number of thiazole rings is 1. The Hall–Kier alpha value is -2.11. The minimum Gasteiger partial charge on any atom is -0.617 e. The monoisotopic (exact) mass is 318 g/mol. The molecule has 0 radical (unpaired) electrons. The second-order valence-electron chi connectivity index (χ2n) is 4.46. The van der Waals surface area contributed by atoms with Gasteiger partial charge in [0.25, 0.3) is 0 Å². The van der Waals surface area contributed by atoms with Crippen molar-refractivity contribution in [1.29, 1.82) is 0 Å². The molecule has 0 unspecified atom stereocenters. The maximum absolute atomic E-state index is 12.2. The second-order valence-corrected chi connectivity index (χ2v) is 5.86. The van der Waals surface area contributed by atoms with Crippen LogP contribution in [-0.4, -0.2) is 5.91 Å². The van der Waals surface area contributed by atoms with E-state index in [9.17, 15) is 10.0 Å². The third kappa shape index (κ3) is 2.70. The number of carbonyl (C=O) groups excluding carboxylic acids is 1. The van der Waals surface area contributed by atoms with E-state index in [2.05, 4.69) is 5.32 Å². The molecule has 0 aliphatic rings. The van der Waals surface area contributed by atoms with E-state index < -0.39 is 5.91 Å². The zero-order chi connectivity index (χ0) is 14.8. The zero-order valence-electron chi connectivity index (χ0n) is 10.9. The van der Waals surface area contributed by atoms with Gasteiger partial charge in [-0.05, 0) is 11.6 Å². The molecule has 21 heavy (non-hydrogen) atoms. The van der Waals surface area contributed by atoms with E-state index >= 15 is 0 Å². The first-order chi connectivity index (χ1) is 10.2. The third-order valence-electron chi connectivity index (χ3n) is 3.04. The molecule has 4 nitrogen and oxygen atoms in total. The van der Waals surface area contributed by atoms with Crippen molar-refractivity contribution < 1.29 is 9.52 Å². The van der Waals surface area contributed by atoms with Gasteiger partial charge in [-0.15, -0.1) is 4.73 Å². The van der Waals surface area contributed by atoms with E-state index in [1.807, 2.05) is 30.3 Å². The fourth-order valence-electron chi connectivity index (χ4n) is 2.00. The maximum Gasteiger partial charge on any atom is 0.339 e. The van der Waals surface area contributed by atoms with Crippen molar-refractivity contribution in [3.8, 4) is 0 Å². The highest BCUT2D eigenvalue weighted by molar-refractivity contribution is 7.20. The van der Waals surface area contributed by atoms with Gasteiger partial charge in [-0.25, -0.2) is 0 Å². The molecule has 106 valence electrons. The number of aromatic nitrogens is 1. The lowest BCUT2D eigenvalue weighted by molar-refractivity contribution is -0.574. The van der Waals surface area contributed by atoms with Crippen LogP contribution in [0.1, 0.15) is 15.4 Å². The Bertz CT molecular complexity index is 802. The number of halogens is 1. The van der Waals surface area contributed by atoms with E-state index in [4.69, 9.17) is 11.6 Å². The van der Waals surface area contributed by atoms with Gasteiger partial charge in [0.05, 0.1) is 5.02 Å². The molecule has 0 saturated heterocycles. The van der Waals surface area contributed by atoms with Crippen LogP contribution in [0.2, 0.25) is 5.02 Å². The Morgan fingerprint density at radius 1 is 1.19 bits per heavy atom. The van der Waals surface area contributed by atoms with E-state index in [1.54, 1.807) is 18.2 Å². The predicted octanol–water partition coefficient (Wildman–Crippen LogP) is 3.12. The molecular weight excluding hydrogens is 308 g/mol. The van der Waals surface area contributed by atoms with Gasteiger partial charge < -0.3 is 10.5 Å². The summed E-state index contributed by atoms with van der Waals surface area (Å²) in [5.41, 5.74) is 1.39. The van der Waals surface area contributed by atoms with E-state index in [0.29, 0.717) is 26.5 Å². The fraction of sp³-hybridized carbons (Fsp3) is 0.0667. The summed E-state index contributed by atoms with van der Waals surface area (Å²) in [5, 5.41) is 15.5. The number of hydrogen-bond acceptors (Lipinski definition) is 3. The summed E-state index contributed by atoms with van der Waals surface area (Å²) in [7, 11) is 0. The average Bonchev–Trinajstić information content (AvgIpc) is 2.85. The van der Waals surface area contributed by atoms with Gasteiger partial charge in [-0.1, -0.05) is 59.3 Å². The number of hydrogen-bond donors (Lipinski definition) is 1. The first kappa shape index (κ1) is 13.9. The van der Waals surface area contributed by atoms with Crippen molar-refractivity contribution in [2.45, 2.75) is 6.54 Å². The molecule has 1 N–H and O–H groups in total. The lowest BCUT2D eigenvalue weighted by atomic mass is 10.2. The highest BCUT2D eigenvalue weighted by Crippen LogP contribution is 2.27. The van der Waals surface area contributed by atoms with E-state index in [0.717, 1.165) is 16.9 Å². The van der Waals surface area contributed by atoms with Gasteiger partial charge >= 0.3 is 10.9 Å². The van der Waals surface area contributed by atoms with Crippen molar-refractivity contribution >= 4 is 39.1 Å². The summed E-state index contributed by atoms with van der Waals surface area (Å²) < 4.78 is 1.26. The standard InChI is InChI=1S/C15H11ClN2O2S/c16-11-7-4-8-12-13(11)21-15(18(12)20)14(19)17-9-10-5-2-1-3-6-10/h1-8H,9H2,(H,17,19). The number of nitrogens with zero attached hydrogens (tertiary/aromatic N) is 1. The van der Waals surface area contributed by atoms with Crippen LogP contribution >= 0.6 is 22.9 Å². The van der Waals surface area contributed by atoms with Crippen LogP contribution in [0.3, 0.4) is 0 Å². The maximum atomic E-state index is 12.2. The van der Waals surface area contributed by atoms with Crippen molar-refractivity contribution in [2.24, 2.45) is 0 Å². The molecular formula is C15H11ClN2O2S. The zero-order valence-corrected chi connectivity index (χ0v) is 12.4. The van der Waals surface area contributed by atoms with Gasteiger partial charge in [0.1, 0.15) is 4.70 Å². The van der Waals surface area contributed by atoms with Gasteiger partial charge in [-0.2, -0.15) is 0 Å². The fourth-order valence-corrected chi connectivity index (χ4v) is 3.24. The second kappa shape index (κ2) is 5.71. The minimum absolute atomic E-state index is 0.0917. The first-order valence-electron chi connectivity index (χ1n) is 6.29. The van der Waals surface area contributed by atoms with Crippen LogP contribution in [-0.2, 0) is 6.54 Å². The Kier molecular flexibility index (Phi) is 3.77. The molecule has 0 spiro atoms. The normalized spacial score (nSPS) is 10.7. The highest BCUT2D eigenvalue weighted by atomic mass is 35.5. The van der Waals surface area contributed by atoms with Crippen LogP contribution in [0.25, 0.3) is 10.2 Å². The molecule has 1 amide bonds. The lowest BCUT2D eigenvalue weighted by Gasteiger charge is -2.03. The van der Waals surface area contributed by atoms with Crippen LogP contribution in [0, 0.1) is 5.21 Å². The molecule has 1 heterocycles. The SMILES string of the molecule is O=C(NCc1ccccc1)c1sc2c(Cl)cccc2[n+]1[O-]. The van der Waals surface area contributed by atoms with Crippen LogP contribution < -0.4 is 10.0 Å². The minimum atomic E-state index is -0.397. The number of rotatable bonds is 3. The number of carbonyl (C=O) groups is 1. The molecule has 0 aliphatic heterocycles. The predicted molar refractivity (Wildman–Crippen MR) is 83.4 cm³/mol. The van der Waals surface area contributed by atoms with Crippen molar-refractivity contribution in [3.05, 3.63) is 69.3 Å². The Labute approximate surface area is 130 Å². The van der Waals surface area contributed by atoms with Crippen molar-refractivity contribution in [1.82, 2.24) is 5.32 Å². The molecule has 0 atom stereocenters. The summed E-state index contributed by atoms with van der Waals surface area (Å²) in [6, 6.07) is 14.6. The van der Waals surface area contributed by atoms with Crippen LogP contribution in [0.15, 0.2) is 48.5 Å². The summed E-state index contributed by atoms with van der Waals surface area (Å²) in [6.07, 6.45) is 0. The summed E-state index contributed by atoms with van der Waals surface area (Å²) in [4.78, 5) is 12.2. The Balaban J connectivity index is 1.85. The molecule has 3 rings (SSSR count). The van der Waals surface area contributed by atoms with Gasteiger partial charge in [0.15, 0.2) is 0 Å². The first-order valence-corrected chi connectivity index (χ1v) is 7.49. The molecule has 2 aromatic carbocycles. The van der Waals surface area contributed by atoms with Gasteiger partial charge in [0.2, 0.25) is 5.52 Å². The van der Waals surface area contributed by atoms with Gasteiger partial charge in [0, 0.05) is 12.6 Å². The van der Waals surface area contributed by atoms with Crippen molar-refractivity contribution in [3.63, 3.8) is 0 Å². The van der Waals surface area contributed by atoms with Crippen LogP contribution in [0.4, 0.5) is 0 Å². The largest absolute Gasteiger partial charge is 0.617 e. The number of benzene rings is 2.